The maximum atomic E-state index is 13.0. The van der Waals surface area contributed by atoms with Gasteiger partial charge in [-0.3, -0.25) is 4.79 Å². The zero-order valence-electron chi connectivity index (χ0n) is 8.11. The molecule has 1 N–H and O–H groups in total. The van der Waals surface area contributed by atoms with Gasteiger partial charge in [-0.05, 0) is 24.6 Å². The van der Waals surface area contributed by atoms with Gasteiger partial charge in [0.1, 0.15) is 5.82 Å². The zero-order valence-corrected chi connectivity index (χ0v) is 8.11. The van der Waals surface area contributed by atoms with Gasteiger partial charge in [0, 0.05) is 12.2 Å². The number of amides is 1. The molecule has 0 radical (unpaired) electrons. The number of anilines is 1. The van der Waals surface area contributed by atoms with Gasteiger partial charge in [-0.2, -0.15) is 0 Å². The second-order valence-corrected chi connectivity index (χ2v) is 4.04. The summed E-state index contributed by atoms with van der Waals surface area (Å²) >= 11 is 0. The van der Waals surface area contributed by atoms with Crippen LogP contribution in [-0.4, -0.2) is 24.5 Å². The van der Waals surface area contributed by atoms with Crippen molar-refractivity contribution in [2.75, 3.05) is 11.4 Å². The molecule has 2 aliphatic heterocycles. The highest BCUT2D eigenvalue weighted by atomic mass is 19.1. The summed E-state index contributed by atoms with van der Waals surface area (Å²) in [6, 6.07) is 6.36. The van der Waals surface area contributed by atoms with Gasteiger partial charge in [0.05, 0.1) is 12.1 Å². The predicted octanol–water partition coefficient (Wildman–Crippen LogP) is 0.903. The summed E-state index contributed by atoms with van der Waals surface area (Å²) in [6.07, 6.45) is 0.843. The van der Waals surface area contributed by atoms with Crippen LogP contribution in [-0.2, 0) is 4.79 Å². The van der Waals surface area contributed by atoms with Crippen molar-refractivity contribution in [3.05, 3.63) is 30.1 Å². The topological polar surface area (TPSA) is 32.3 Å². The average molecular weight is 206 g/mol. The van der Waals surface area contributed by atoms with E-state index in [2.05, 4.69) is 5.32 Å². The standard InChI is InChI=1S/C11H11FN2O/c12-7-2-1-3-8(4-7)14-9-5-10(11(14)15)13-6-9/h1-4,9-10,13H,5-6H2. The SMILES string of the molecule is O=C1C2CC(CN2)N1c1cccc(F)c1. The van der Waals surface area contributed by atoms with Crippen LogP contribution in [0.4, 0.5) is 10.1 Å². The lowest BCUT2D eigenvalue weighted by atomic mass is 10.2. The van der Waals surface area contributed by atoms with Crippen LogP contribution >= 0.6 is 0 Å². The van der Waals surface area contributed by atoms with Gasteiger partial charge in [-0.15, -0.1) is 0 Å². The first-order chi connectivity index (χ1) is 7.25. The van der Waals surface area contributed by atoms with Gasteiger partial charge in [-0.25, -0.2) is 4.39 Å². The summed E-state index contributed by atoms with van der Waals surface area (Å²) in [6.45, 7) is 0.812. The number of fused-ring (bicyclic) bond motifs is 2. The van der Waals surface area contributed by atoms with Crippen LogP contribution in [0, 0.1) is 5.82 Å². The third-order valence-electron chi connectivity index (χ3n) is 3.09. The number of benzene rings is 1. The van der Waals surface area contributed by atoms with Crippen LogP contribution in [0.15, 0.2) is 24.3 Å². The van der Waals surface area contributed by atoms with Crippen molar-refractivity contribution in [1.29, 1.82) is 0 Å². The number of nitrogens with zero attached hydrogens (tertiary/aromatic N) is 1. The number of carbonyl (C=O) groups excluding carboxylic acids is 1. The Labute approximate surface area is 86.9 Å². The number of piperazine rings is 1. The average Bonchev–Trinajstić information content (AvgIpc) is 2.77. The zero-order chi connectivity index (χ0) is 10.4. The third-order valence-corrected chi connectivity index (χ3v) is 3.09. The van der Waals surface area contributed by atoms with E-state index in [1.165, 1.54) is 12.1 Å². The van der Waals surface area contributed by atoms with Crippen LogP contribution in [0.25, 0.3) is 0 Å². The van der Waals surface area contributed by atoms with Gasteiger partial charge in [0.25, 0.3) is 0 Å². The van der Waals surface area contributed by atoms with Gasteiger partial charge < -0.3 is 10.2 Å². The molecule has 15 heavy (non-hydrogen) atoms. The molecule has 3 rings (SSSR count). The number of rotatable bonds is 1. The van der Waals surface area contributed by atoms with Crippen LogP contribution < -0.4 is 10.2 Å². The first-order valence-electron chi connectivity index (χ1n) is 5.08. The minimum absolute atomic E-state index is 0.0572. The predicted molar refractivity (Wildman–Crippen MR) is 54.1 cm³/mol. The van der Waals surface area contributed by atoms with E-state index in [4.69, 9.17) is 0 Å². The van der Waals surface area contributed by atoms with Crippen LogP contribution in [0.5, 0.6) is 0 Å². The summed E-state index contributed by atoms with van der Waals surface area (Å²) < 4.78 is 13.0. The second-order valence-electron chi connectivity index (χ2n) is 4.04. The highest BCUT2D eigenvalue weighted by Crippen LogP contribution is 2.30. The van der Waals surface area contributed by atoms with Crippen molar-refractivity contribution in [1.82, 2.24) is 5.32 Å². The lowest BCUT2D eigenvalue weighted by Crippen LogP contribution is -2.48. The van der Waals surface area contributed by atoms with Crippen molar-refractivity contribution < 1.29 is 9.18 Å². The minimum atomic E-state index is -0.295. The Hall–Kier alpha value is -1.42. The van der Waals surface area contributed by atoms with Crippen LogP contribution in [0.3, 0.4) is 0 Å². The Morgan fingerprint density at radius 1 is 1.47 bits per heavy atom. The fourth-order valence-corrected chi connectivity index (χ4v) is 2.41. The van der Waals surface area contributed by atoms with Crippen molar-refractivity contribution in [3.63, 3.8) is 0 Å². The molecule has 1 aromatic carbocycles. The molecule has 0 aliphatic carbocycles. The quantitative estimate of drug-likeness (QED) is 0.740. The Bertz CT molecular complexity index is 421. The molecule has 0 spiro atoms. The molecule has 1 amide bonds. The van der Waals surface area contributed by atoms with Crippen molar-refractivity contribution in [2.24, 2.45) is 0 Å². The van der Waals surface area contributed by atoms with Crippen LogP contribution in [0.2, 0.25) is 0 Å². The lowest BCUT2D eigenvalue weighted by Gasteiger charge is -2.27. The van der Waals surface area contributed by atoms with Crippen molar-refractivity contribution >= 4 is 11.6 Å². The van der Waals surface area contributed by atoms with Crippen molar-refractivity contribution in [3.8, 4) is 0 Å². The number of hydrogen-bond donors (Lipinski definition) is 1. The Kier molecular flexibility index (Phi) is 1.79. The molecule has 2 saturated heterocycles. The first-order valence-corrected chi connectivity index (χ1v) is 5.08. The van der Waals surface area contributed by atoms with E-state index in [0.717, 1.165) is 13.0 Å². The third kappa shape index (κ3) is 1.25. The van der Waals surface area contributed by atoms with E-state index >= 15 is 0 Å². The van der Waals surface area contributed by atoms with Gasteiger partial charge in [0.15, 0.2) is 0 Å². The molecule has 2 heterocycles. The molecule has 2 atom stereocenters. The normalized spacial score (nSPS) is 28.9. The monoisotopic (exact) mass is 206 g/mol. The summed E-state index contributed by atoms with van der Waals surface area (Å²) in [4.78, 5) is 13.5. The molecule has 4 heteroatoms. The van der Waals surface area contributed by atoms with Gasteiger partial charge in [-0.1, -0.05) is 6.07 Å². The summed E-state index contributed by atoms with van der Waals surface area (Å²) in [5.41, 5.74) is 0.675. The molecule has 2 bridgehead atoms. The molecule has 0 aromatic heterocycles. The molecule has 3 nitrogen and oxygen atoms in total. The van der Waals surface area contributed by atoms with Gasteiger partial charge >= 0.3 is 0 Å². The fourth-order valence-electron chi connectivity index (χ4n) is 2.41. The summed E-state index contributed by atoms with van der Waals surface area (Å²) in [7, 11) is 0. The smallest absolute Gasteiger partial charge is 0.244 e. The molecular formula is C11H11FN2O. The van der Waals surface area contributed by atoms with Crippen molar-refractivity contribution in [2.45, 2.75) is 18.5 Å². The molecule has 2 unspecified atom stereocenters. The number of halogens is 1. The first kappa shape index (κ1) is 8.85. The number of hydrogen-bond acceptors (Lipinski definition) is 2. The highest BCUT2D eigenvalue weighted by Gasteiger charge is 2.45. The Morgan fingerprint density at radius 3 is 3.00 bits per heavy atom. The second kappa shape index (κ2) is 3.03. The summed E-state index contributed by atoms with van der Waals surface area (Å²) in [5.74, 6) is -0.229. The number of carbonyl (C=O) groups is 1. The lowest BCUT2D eigenvalue weighted by molar-refractivity contribution is -0.119. The Morgan fingerprint density at radius 2 is 2.33 bits per heavy atom. The molecule has 2 aliphatic rings. The summed E-state index contributed by atoms with van der Waals surface area (Å²) in [5, 5.41) is 3.14. The molecule has 78 valence electrons. The van der Waals surface area contributed by atoms with E-state index in [1.54, 1.807) is 17.0 Å². The maximum Gasteiger partial charge on any atom is 0.244 e. The van der Waals surface area contributed by atoms with E-state index in [0.29, 0.717) is 5.69 Å². The van der Waals surface area contributed by atoms with E-state index in [-0.39, 0.29) is 23.8 Å². The number of nitrogens with one attached hydrogen (secondary N) is 1. The largest absolute Gasteiger partial charge is 0.307 e. The highest BCUT2D eigenvalue weighted by molar-refractivity contribution is 6.01. The van der Waals surface area contributed by atoms with Crippen LogP contribution in [0.1, 0.15) is 6.42 Å². The fraction of sp³-hybridized carbons (Fsp3) is 0.364. The van der Waals surface area contributed by atoms with Gasteiger partial charge in [0.2, 0.25) is 5.91 Å². The molecular weight excluding hydrogens is 195 g/mol. The maximum absolute atomic E-state index is 13.0. The Balaban J connectivity index is 1.98. The van der Waals surface area contributed by atoms with E-state index in [9.17, 15) is 9.18 Å². The molecule has 0 saturated carbocycles. The van der Waals surface area contributed by atoms with E-state index < -0.39 is 0 Å². The van der Waals surface area contributed by atoms with E-state index in [1.807, 2.05) is 0 Å². The minimum Gasteiger partial charge on any atom is -0.307 e. The molecule has 1 aromatic rings. The molecule has 2 fully saturated rings.